The van der Waals surface area contributed by atoms with Gasteiger partial charge in [-0.3, -0.25) is 25.3 Å². The second-order valence-corrected chi connectivity index (χ2v) is 11.3. The van der Waals surface area contributed by atoms with Crippen LogP contribution >= 0.6 is 0 Å². The number of nitrogens with zero attached hydrogens (tertiary/aromatic N) is 4. The van der Waals surface area contributed by atoms with Gasteiger partial charge in [-0.2, -0.15) is 0 Å². The van der Waals surface area contributed by atoms with E-state index in [0.717, 1.165) is 45.1 Å². The molecule has 0 aliphatic heterocycles. The minimum Gasteiger partial charge on any atom is -0.497 e. The quantitative estimate of drug-likeness (QED) is 0.0996. The third-order valence-electron chi connectivity index (χ3n) is 7.40. The largest absolute Gasteiger partial charge is 3.00 e. The zero-order valence-corrected chi connectivity index (χ0v) is 30.7. The van der Waals surface area contributed by atoms with Crippen LogP contribution in [-0.4, -0.2) is 40.0 Å². The third kappa shape index (κ3) is 10.4. The summed E-state index contributed by atoms with van der Waals surface area (Å²) in [4.78, 5) is 17.3. The molecule has 0 fully saturated rings. The Bertz CT molecular complexity index is 1810. The van der Waals surface area contributed by atoms with Gasteiger partial charge in [-0.15, -0.1) is 0 Å². The Balaban J connectivity index is 0.000000235. The van der Waals surface area contributed by atoms with Crippen LogP contribution in [0.15, 0.2) is 110 Å². The SMILES string of the molecule is CC(=N)N.COc1ccc(-c2c(C)cc(C)cc2-c2cnccn2)cc1.COc1ccc(-c2c(C)cc(C)cc2-c2cnccn2)cc1.[Ru+3]. The molecule has 0 amide bonds. The summed E-state index contributed by atoms with van der Waals surface area (Å²) in [6.07, 6.45) is 10.5. The van der Waals surface area contributed by atoms with Gasteiger partial charge in [0, 0.05) is 35.9 Å². The van der Waals surface area contributed by atoms with Gasteiger partial charge in [-0.25, -0.2) is 0 Å². The number of nitrogens with two attached hydrogens (primary N) is 1. The van der Waals surface area contributed by atoms with Gasteiger partial charge in [0.2, 0.25) is 0 Å². The molecule has 1 radical (unpaired) electrons. The fourth-order valence-corrected chi connectivity index (χ4v) is 5.50. The number of rotatable bonds is 6. The molecule has 0 saturated heterocycles. The molecule has 6 aromatic rings. The molecule has 0 aliphatic rings. The molecule has 0 bridgehead atoms. The molecule has 0 atom stereocenters. The standard InChI is InChI=1S/2C19H18N2O.C2H6N2.Ru/c2*1-13-10-14(2)19(15-4-6-16(22-3)7-5-15)17(11-13)18-12-20-8-9-21-18;1-2(3)4;/h2*4-12H,1-3H3;1H3,(H3,3,4);/q;;;+3. The van der Waals surface area contributed by atoms with Gasteiger partial charge in [0.25, 0.3) is 0 Å². The number of hydrogen-bond donors (Lipinski definition) is 2. The van der Waals surface area contributed by atoms with E-state index in [1.54, 1.807) is 51.4 Å². The second-order valence-electron chi connectivity index (χ2n) is 11.3. The number of nitrogens with one attached hydrogen (secondary N) is 1. The minimum absolute atomic E-state index is 0. The molecule has 0 unspecified atom stereocenters. The molecular weight excluding hydrogens is 698 g/mol. The maximum absolute atomic E-state index is 6.28. The van der Waals surface area contributed by atoms with Gasteiger partial charge in [-0.1, -0.05) is 47.5 Å². The molecule has 2 aromatic heterocycles. The van der Waals surface area contributed by atoms with Crippen molar-refractivity contribution >= 4 is 5.84 Å². The molecule has 0 spiro atoms. The van der Waals surface area contributed by atoms with E-state index in [9.17, 15) is 0 Å². The number of aromatic nitrogens is 4. The van der Waals surface area contributed by atoms with Crippen molar-refractivity contribution in [1.82, 2.24) is 19.9 Å². The van der Waals surface area contributed by atoms with Gasteiger partial charge in [-0.05, 0) is 104 Å². The van der Waals surface area contributed by atoms with E-state index in [-0.39, 0.29) is 25.3 Å². The van der Waals surface area contributed by atoms with Crippen molar-refractivity contribution in [1.29, 1.82) is 5.41 Å². The average molecular weight is 740 g/mol. The Hall–Kier alpha value is -5.27. The average Bonchev–Trinajstić information content (AvgIpc) is 3.09. The molecule has 2 heterocycles. The smallest absolute Gasteiger partial charge is 0.497 e. The van der Waals surface area contributed by atoms with Gasteiger partial charge in [0.05, 0.1) is 43.8 Å². The summed E-state index contributed by atoms with van der Waals surface area (Å²) >= 11 is 0. The first kappa shape index (κ1) is 38.2. The monoisotopic (exact) mass is 740 g/mol. The number of amidine groups is 1. The molecule has 4 aromatic carbocycles. The first-order valence-corrected chi connectivity index (χ1v) is 15.5. The Morgan fingerprint density at radius 1 is 0.592 bits per heavy atom. The van der Waals surface area contributed by atoms with Gasteiger partial charge < -0.3 is 15.2 Å². The van der Waals surface area contributed by atoms with Crippen molar-refractivity contribution in [2.45, 2.75) is 34.6 Å². The van der Waals surface area contributed by atoms with Crippen LogP contribution in [0.1, 0.15) is 29.2 Å². The summed E-state index contributed by atoms with van der Waals surface area (Å²) in [5, 5.41) is 6.28. The van der Waals surface area contributed by atoms with Crippen molar-refractivity contribution in [3.8, 4) is 56.3 Å². The number of ether oxygens (including phenoxy) is 2. The van der Waals surface area contributed by atoms with Crippen LogP contribution in [0.2, 0.25) is 0 Å². The van der Waals surface area contributed by atoms with E-state index < -0.39 is 0 Å². The third-order valence-corrected chi connectivity index (χ3v) is 7.40. The number of aryl methyl sites for hydroxylation is 4. The van der Waals surface area contributed by atoms with Crippen LogP contribution in [0, 0.1) is 33.1 Å². The van der Waals surface area contributed by atoms with E-state index in [0.29, 0.717) is 0 Å². The maximum atomic E-state index is 6.28. The normalized spacial score (nSPS) is 9.94. The molecule has 8 nitrogen and oxygen atoms in total. The number of hydrogen-bond acceptors (Lipinski definition) is 7. The summed E-state index contributed by atoms with van der Waals surface area (Å²) in [6, 6.07) is 25.0. The first-order chi connectivity index (χ1) is 23.1. The van der Waals surface area contributed by atoms with Crippen molar-refractivity contribution in [3.63, 3.8) is 0 Å². The van der Waals surface area contributed by atoms with Crippen LogP contribution < -0.4 is 15.2 Å². The molecule has 0 saturated carbocycles. The van der Waals surface area contributed by atoms with Crippen LogP contribution in [0.25, 0.3) is 44.8 Å². The molecule has 0 aliphatic carbocycles. The second kappa shape index (κ2) is 18.3. The Morgan fingerprint density at radius 3 is 1.22 bits per heavy atom. The van der Waals surface area contributed by atoms with E-state index in [4.69, 9.17) is 20.6 Å². The van der Waals surface area contributed by atoms with Crippen molar-refractivity contribution in [2.75, 3.05) is 14.2 Å². The molecule has 6 rings (SSSR count). The summed E-state index contributed by atoms with van der Waals surface area (Å²) in [7, 11) is 3.36. The van der Waals surface area contributed by atoms with Gasteiger partial charge >= 0.3 is 19.5 Å². The van der Waals surface area contributed by atoms with Crippen molar-refractivity contribution in [2.24, 2.45) is 5.73 Å². The van der Waals surface area contributed by atoms with E-state index in [1.165, 1.54) is 40.3 Å². The zero-order valence-electron chi connectivity index (χ0n) is 28.9. The summed E-state index contributed by atoms with van der Waals surface area (Å²) in [5.41, 5.74) is 18.3. The molecule has 249 valence electrons. The van der Waals surface area contributed by atoms with Crippen LogP contribution in [0.4, 0.5) is 0 Å². The maximum Gasteiger partial charge on any atom is 3.00 e. The molecule has 9 heteroatoms. The zero-order chi connectivity index (χ0) is 34.6. The van der Waals surface area contributed by atoms with E-state index >= 15 is 0 Å². The van der Waals surface area contributed by atoms with Crippen LogP contribution in [0.5, 0.6) is 11.5 Å². The van der Waals surface area contributed by atoms with E-state index in [1.807, 2.05) is 24.3 Å². The predicted octanol–water partition coefficient (Wildman–Crippen LogP) is 8.81. The Kier molecular flexibility index (Phi) is 14.3. The first-order valence-electron chi connectivity index (χ1n) is 15.5. The Morgan fingerprint density at radius 2 is 0.939 bits per heavy atom. The fourth-order valence-electron chi connectivity index (χ4n) is 5.50. The minimum atomic E-state index is 0. The van der Waals surface area contributed by atoms with Gasteiger partial charge in [0.15, 0.2) is 0 Å². The van der Waals surface area contributed by atoms with Crippen LogP contribution in [-0.2, 0) is 19.5 Å². The number of methoxy groups -OCH3 is 2. The molecule has 49 heavy (non-hydrogen) atoms. The summed E-state index contributed by atoms with van der Waals surface area (Å²) < 4.78 is 10.5. The predicted molar refractivity (Wildman–Crippen MR) is 195 cm³/mol. The van der Waals surface area contributed by atoms with Crippen LogP contribution in [0.3, 0.4) is 0 Å². The molecule has 3 N–H and O–H groups in total. The number of benzene rings is 4. The fraction of sp³-hybridized carbons (Fsp3) is 0.175. The molecular formula is C40H42N6O2Ru+3. The van der Waals surface area contributed by atoms with E-state index in [2.05, 4.69) is 96.2 Å². The topological polar surface area (TPSA) is 120 Å². The Labute approximate surface area is 302 Å². The van der Waals surface area contributed by atoms with Crippen molar-refractivity contribution < 1.29 is 29.0 Å². The summed E-state index contributed by atoms with van der Waals surface area (Å²) in [5.74, 6) is 1.88. The van der Waals surface area contributed by atoms with Gasteiger partial charge in [0.1, 0.15) is 11.5 Å². The van der Waals surface area contributed by atoms with Crippen molar-refractivity contribution in [3.05, 3.63) is 132 Å². The summed E-state index contributed by atoms with van der Waals surface area (Å²) in [6.45, 7) is 9.99.